The van der Waals surface area contributed by atoms with E-state index in [0.717, 1.165) is 25.3 Å². The van der Waals surface area contributed by atoms with Gasteiger partial charge in [0.15, 0.2) is 0 Å². The molecule has 2 aromatic rings. The Kier molecular flexibility index (Phi) is 4.12. The van der Waals surface area contributed by atoms with E-state index in [9.17, 15) is 0 Å². The molecule has 0 aliphatic heterocycles. The molecule has 1 heterocycles. The summed E-state index contributed by atoms with van der Waals surface area (Å²) in [6.07, 6.45) is 1.93. The van der Waals surface area contributed by atoms with Crippen molar-refractivity contribution >= 4 is 17.0 Å². The molecule has 1 aromatic heterocycles. The average molecular weight is 247 g/mol. The summed E-state index contributed by atoms with van der Waals surface area (Å²) in [5, 5.41) is 0. The molecule has 2 N–H and O–H groups in total. The van der Waals surface area contributed by atoms with E-state index in [1.807, 2.05) is 29.9 Å². The Bertz CT molecular complexity index is 453. The normalized spacial score (nSPS) is 10.9. The van der Waals surface area contributed by atoms with Gasteiger partial charge in [-0.05, 0) is 18.2 Å². The number of nitrogens with zero attached hydrogens (tertiary/aromatic N) is 2. The zero-order valence-electron chi connectivity index (χ0n) is 9.97. The first-order valence-electron chi connectivity index (χ1n) is 5.72. The predicted octanol–water partition coefficient (Wildman–Crippen LogP) is 2.75. The van der Waals surface area contributed by atoms with Gasteiger partial charge in [-0.2, -0.15) is 0 Å². The summed E-state index contributed by atoms with van der Waals surface area (Å²) in [5.74, 6) is 0. The number of thiazole rings is 1. The Balaban J connectivity index is 2.03. The third kappa shape index (κ3) is 3.28. The number of rotatable bonds is 5. The van der Waals surface area contributed by atoms with Gasteiger partial charge in [-0.15, -0.1) is 11.3 Å². The van der Waals surface area contributed by atoms with Crippen molar-refractivity contribution < 1.29 is 0 Å². The maximum Gasteiger partial charge on any atom is 0.0794 e. The summed E-state index contributed by atoms with van der Waals surface area (Å²) >= 11 is 1.70. The van der Waals surface area contributed by atoms with Gasteiger partial charge in [-0.3, -0.25) is 9.88 Å². The largest absolute Gasteiger partial charge is 0.398 e. The maximum atomic E-state index is 5.96. The third-order valence-electron chi connectivity index (χ3n) is 2.76. The van der Waals surface area contributed by atoms with Gasteiger partial charge in [0.1, 0.15) is 0 Å². The van der Waals surface area contributed by atoms with E-state index in [-0.39, 0.29) is 0 Å². The second kappa shape index (κ2) is 5.80. The Morgan fingerprint density at radius 3 is 2.76 bits per heavy atom. The van der Waals surface area contributed by atoms with Crippen molar-refractivity contribution in [3.05, 3.63) is 46.4 Å². The minimum atomic E-state index is 0.871. The molecule has 0 bridgehead atoms. The van der Waals surface area contributed by atoms with Crippen LogP contribution in [0.4, 0.5) is 5.69 Å². The molecule has 0 aliphatic rings. The minimum Gasteiger partial charge on any atom is -0.398 e. The van der Waals surface area contributed by atoms with Crippen LogP contribution in [-0.2, 0) is 13.1 Å². The SMILES string of the molecule is CCN(Cc1cncs1)Cc1ccccc1N. The van der Waals surface area contributed by atoms with E-state index in [4.69, 9.17) is 5.73 Å². The van der Waals surface area contributed by atoms with Crippen LogP contribution in [0.1, 0.15) is 17.4 Å². The van der Waals surface area contributed by atoms with E-state index < -0.39 is 0 Å². The van der Waals surface area contributed by atoms with Crippen molar-refractivity contribution in [1.29, 1.82) is 0 Å². The summed E-state index contributed by atoms with van der Waals surface area (Å²) < 4.78 is 0. The van der Waals surface area contributed by atoms with Crippen LogP contribution in [0.25, 0.3) is 0 Å². The van der Waals surface area contributed by atoms with Crippen molar-refractivity contribution in [1.82, 2.24) is 9.88 Å². The molecule has 1 aromatic carbocycles. The van der Waals surface area contributed by atoms with Gasteiger partial charge in [-0.1, -0.05) is 25.1 Å². The van der Waals surface area contributed by atoms with Crippen molar-refractivity contribution in [2.24, 2.45) is 0 Å². The first-order chi connectivity index (χ1) is 8.29. The monoisotopic (exact) mass is 247 g/mol. The number of aromatic nitrogens is 1. The quantitative estimate of drug-likeness (QED) is 0.826. The fourth-order valence-electron chi connectivity index (χ4n) is 1.74. The van der Waals surface area contributed by atoms with Gasteiger partial charge in [0.2, 0.25) is 0 Å². The lowest BCUT2D eigenvalue weighted by molar-refractivity contribution is 0.274. The molecule has 0 atom stereocenters. The van der Waals surface area contributed by atoms with Gasteiger partial charge in [0.05, 0.1) is 5.51 Å². The summed E-state index contributed by atoms with van der Waals surface area (Å²) in [6, 6.07) is 8.05. The highest BCUT2D eigenvalue weighted by Crippen LogP contribution is 2.16. The number of benzene rings is 1. The Morgan fingerprint density at radius 2 is 2.12 bits per heavy atom. The highest BCUT2D eigenvalue weighted by atomic mass is 32.1. The summed E-state index contributed by atoms with van der Waals surface area (Å²) in [7, 11) is 0. The summed E-state index contributed by atoms with van der Waals surface area (Å²) in [6.45, 7) is 5.00. The van der Waals surface area contributed by atoms with Gasteiger partial charge in [0, 0.05) is 29.9 Å². The highest BCUT2D eigenvalue weighted by Gasteiger charge is 2.07. The fraction of sp³-hybridized carbons (Fsp3) is 0.308. The zero-order chi connectivity index (χ0) is 12.1. The summed E-state index contributed by atoms with van der Waals surface area (Å²) in [4.78, 5) is 7.75. The van der Waals surface area contributed by atoms with E-state index in [1.54, 1.807) is 11.3 Å². The second-order valence-corrected chi connectivity index (χ2v) is 4.94. The van der Waals surface area contributed by atoms with E-state index >= 15 is 0 Å². The maximum absolute atomic E-state index is 5.96. The molecule has 3 nitrogen and oxygen atoms in total. The summed E-state index contributed by atoms with van der Waals surface area (Å²) in [5.41, 5.74) is 9.90. The number of hydrogen-bond acceptors (Lipinski definition) is 4. The number of anilines is 1. The van der Waals surface area contributed by atoms with Gasteiger partial charge < -0.3 is 5.73 Å². The van der Waals surface area contributed by atoms with Crippen molar-refractivity contribution in [3.8, 4) is 0 Å². The van der Waals surface area contributed by atoms with Crippen LogP contribution >= 0.6 is 11.3 Å². The molecule has 2 rings (SSSR count). The molecule has 17 heavy (non-hydrogen) atoms. The van der Waals surface area contributed by atoms with Crippen LogP contribution in [0.2, 0.25) is 0 Å². The first-order valence-corrected chi connectivity index (χ1v) is 6.60. The predicted molar refractivity (Wildman–Crippen MR) is 72.8 cm³/mol. The van der Waals surface area contributed by atoms with Gasteiger partial charge in [0.25, 0.3) is 0 Å². The Morgan fingerprint density at radius 1 is 1.29 bits per heavy atom. The number of para-hydroxylation sites is 1. The molecule has 0 aliphatic carbocycles. The molecular formula is C13H17N3S. The van der Waals surface area contributed by atoms with Crippen LogP contribution in [-0.4, -0.2) is 16.4 Å². The molecule has 4 heteroatoms. The van der Waals surface area contributed by atoms with Crippen LogP contribution < -0.4 is 5.73 Å². The van der Waals surface area contributed by atoms with E-state index in [0.29, 0.717) is 0 Å². The molecule has 0 unspecified atom stereocenters. The number of nitrogens with two attached hydrogens (primary N) is 1. The van der Waals surface area contributed by atoms with Gasteiger partial charge in [-0.25, -0.2) is 0 Å². The number of nitrogen functional groups attached to an aromatic ring is 1. The lowest BCUT2D eigenvalue weighted by Crippen LogP contribution is -2.22. The van der Waals surface area contributed by atoms with Crippen LogP contribution in [0.15, 0.2) is 36.0 Å². The lowest BCUT2D eigenvalue weighted by Gasteiger charge is -2.20. The van der Waals surface area contributed by atoms with Crippen molar-refractivity contribution in [3.63, 3.8) is 0 Å². The molecule has 0 fully saturated rings. The molecule has 0 radical (unpaired) electrons. The molecule has 0 saturated carbocycles. The van der Waals surface area contributed by atoms with Crippen LogP contribution in [0, 0.1) is 0 Å². The minimum absolute atomic E-state index is 0.871. The van der Waals surface area contributed by atoms with Crippen LogP contribution in [0.5, 0.6) is 0 Å². The van der Waals surface area contributed by atoms with E-state index in [2.05, 4.69) is 22.9 Å². The average Bonchev–Trinajstić information content (AvgIpc) is 2.84. The second-order valence-electron chi connectivity index (χ2n) is 3.97. The standard InChI is InChI=1S/C13H17N3S/c1-2-16(9-12-7-15-10-17-12)8-11-5-3-4-6-13(11)14/h3-7,10H,2,8-9,14H2,1H3. The smallest absolute Gasteiger partial charge is 0.0794 e. The molecule has 0 amide bonds. The fourth-order valence-corrected chi connectivity index (χ4v) is 2.38. The Labute approximate surface area is 106 Å². The lowest BCUT2D eigenvalue weighted by atomic mass is 10.1. The Hall–Kier alpha value is -1.39. The third-order valence-corrected chi connectivity index (χ3v) is 3.52. The molecular weight excluding hydrogens is 230 g/mol. The first kappa shape index (κ1) is 12.1. The van der Waals surface area contributed by atoms with Gasteiger partial charge >= 0.3 is 0 Å². The molecule has 0 saturated heterocycles. The number of hydrogen-bond donors (Lipinski definition) is 1. The van der Waals surface area contributed by atoms with Crippen molar-refractivity contribution in [2.75, 3.05) is 12.3 Å². The zero-order valence-corrected chi connectivity index (χ0v) is 10.8. The molecule has 0 spiro atoms. The van der Waals surface area contributed by atoms with Crippen molar-refractivity contribution in [2.45, 2.75) is 20.0 Å². The van der Waals surface area contributed by atoms with Crippen LogP contribution in [0.3, 0.4) is 0 Å². The topological polar surface area (TPSA) is 42.2 Å². The molecule has 90 valence electrons. The van der Waals surface area contributed by atoms with E-state index in [1.165, 1.54) is 10.4 Å². The highest BCUT2D eigenvalue weighted by molar-refractivity contribution is 7.09.